The maximum Gasteiger partial charge on any atom is 0.330 e. The maximum atomic E-state index is 11.9. The summed E-state index contributed by atoms with van der Waals surface area (Å²) in [5, 5.41) is 8.95. The zero-order valence-corrected chi connectivity index (χ0v) is 17.3. The molecule has 0 saturated carbocycles. The number of carboxylic acids is 1. The fourth-order valence-electron chi connectivity index (χ4n) is 2.91. The first-order valence-corrected chi connectivity index (χ1v) is 10.1. The second-order valence-electron chi connectivity index (χ2n) is 8.15. The molecule has 0 amide bonds. The molecule has 0 aromatic carbocycles. The van der Waals surface area contributed by atoms with Crippen LogP contribution in [0.5, 0.6) is 0 Å². The molecule has 0 rings (SSSR count). The molecule has 0 aromatic rings. The summed E-state index contributed by atoms with van der Waals surface area (Å²) in [4.78, 5) is 22.8. The largest absolute Gasteiger partial charge is 0.481 e. The Bertz CT molecular complexity index is 413. The molecule has 0 unspecified atom stereocenters. The van der Waals surface area contributed by atoms with Gasteiger partial charge in [0.1, 0.15) is 6.54 Å². The minimum atomic E-state index is -0.949. The van der Waals surface area contributed by atoms with Gasteiger partial charge in [0.05, 0.1) is 27.6 Å². The van der Waals surface area contributed by atoms with E-state index in [2.05, 4.69) is 6.92 Å². The lowest BCUT2D eigenvalue weighted by Gasteiger charge is -2.28. The van der Waals surface area contributed by atoms with Crippen molar-refractivity contribution >= 4 is 11.9 Å². The van der Waals surface area contributed by atoms with Crippen LogP contribution in [0.3, 0.4) is 0 Å². The number of unbranched alkanes of at least 4 members (excludes halogenated alkanes) is 9. The Kier molecular flexibility index (Phi) is 14.0. The Balaban J connectivity index is 3.87. The van der Waals surface area contributed by atoms with Crippen LogP contribution >= 0.6 is 0 Å². The Morgan fingerprint density at radius 2 is 1.50 bits per heavy atom. The lowest BCUT2D eigenvalue weighted by molar-refractivity contribution is -0.873. The summed E-state index contributed by atoms with van der Waals surface area (Å²) < 4.78 is 5.86. The molecule has 5 heteroatoms. The zero-order chi connectivity index (χ0) is 19.8. The average Bonchev–Trinajstić information content (AvgIpc) is 2.50. The SMILES string of the molecule is CCCCCCCCCCC/C=C/C(=O)O[C@H](CC(=O)O)C[N+](C)(C)C. The van der Waals surface area contributed by atoms with E-state index < -0.39 is 18.0 Å². The Hall–Kier alpha value is -1.36. The maximum absolute atomic E-state index is 11.9. The fourth-order valence-corrected chi connectivity index (χ4v) is 2.91. The van der Waals surface area contributed by atoms with Crippen LogP contribution in [0.25, 0.3) is 0 Å². The van der Waals surface area contributed by atoms with Gasteiger partial charge < -0.3 is 14.3 Å². The quantitative estimate of drug-likeness (QED) is 0.187. The number of carboxylic acid groups (broad SMARTS) is 1. The summed E-state index contributed by atoms with van der Waals surface area (Å²) in [6.07, 6.45) is 14.9. The van der Waals surface area contributed by atoms with E-state index in [1.54, 1.807) is 0 Å². The van der Waals surface area contributed by atoms with Crippen LogP contribution in [0.15, 0.2) is 12.2 Å². The van der Waals surface area contributed by atoms with Crippen molar-refractivity contribution in [2.75, 3.05) is 27.7 Å². The molecule has 0 fully saturated rings. The molecule has 0 aliphatic carbocycles. The number of allylic oxidation sites excluding steroid dienone is 1. The van der Waals surface area contributed by atoms with Gasteiger partial charge in [0.15, 0.2) is 6.10 Å². The normalized spacial score (nSPS) is 13.1. The monoisotopic (exact) mass is 370 g/mol. The number of esters is 1. The molecular formula is C21H40NO4+. The summed E-state index contributed by atoms with van der Waals surface area (Å²) in [7, 11) is 5.84. The predicted molar refractivity (Wildman–Crippen MR) is 106 cm³/mol. The van der Waals surface area contributed by atoms with E-state index >= 15 is 0 Å². The Morgan fingerprint density at radius 3 is 2.00 bits per heavy atom. The number of carbonyl (C=O) groups excluding carboxylic acids is 1. The number of hydrogen-bond acceptors (Lipinski definition) is 3. The highest BCUT2D eigenvalue weighted by Crippen LogP contribution is 2.11. The van der Waals surface area contributed by atoms with Crippen molar-refractivity contribution in [3.8, 4) is 0 Å². The number of rotatable bonds is 16. The minimum absolute atomic E-state index is 0.159. The molecule has 0 aromatic heterocycles. The van der Waals surface area contributed by atoms with Gasteiger partial charge in [-0.15, -0.1) is 0 Å². The number of hydrogen-bond donors (Lipinski definition) is 1. The van der Waals surface area contributed by atoms with Crippen LogP contribution in [-0.4, -0.2) is 55.3 Å². The van der Waals surface area contributed by atoms with Crippen molar-refractivity contribution in [3.63, 3.8) is 0 Å². The Labute approximate surface area is 160 Å². The van der Waals surface area contributed by atoms with Crippen molar-refractivity contribution in [1.82, 2.24) is 0 Å². The van der Waals surface area contributed by atoms with Crippen molar-refractivity contribution in [3.05, 3.63) is 12.2 Å². The van der Waals surface area contributed by atoms with Crippen molar-refractivity contribution in [2.24, 2.45) is 0 Å². The van der Waals surface area contributed by atoms with Crippen LogP contribution in [0.4, 0.5) is 0 Å². The van der Waals surface area contributed by atoms with Crippen molar-refractivity contribution < 1.29 is 23.9 Å². The molecule has 0 aliphatic rings. The van der Waals surface area contributed by atoms with E-state index in [0.717, 1.165) is 12.8 Å². The first-order valence-electron chi connectivity index (χ1n) is 10.1. The molecule has 152 valence electrons. The Morgan fingerprint density at radius 1 is 0.962 bits per heavy atom. The highest BCUT2D eigenvalue weighted by molar-refractivity contribution is 5.82. The van der Waals surface area contributed by atoms with Gasteiger partial charge in [-0.2, -0.15) is 0 Å². The van der Waals surface area contributed by atoms with Gasteiger partial charge in [0.25, 0.3) is 0 Å². The van der Waals surface area contributed by atoms with Gasteiger partial charge in [-0.05, 0) is 12.8 Å². The third-order valence-electron chi connectivity index (χ3n) is 4.16. The molecule has 0 radical (unpaired) electrons. The highest BCUT2D eigenvalue weighted by Gasteiger charge is 2.23. The van der Waals surface area contributed by atoms with Gasteiger partial charge in [0.2, 0.25) is 0 Å². The van der Waals surface area contributed by atoms with E-state index in [0.29, 0.717) is 11.0 Å². The van der Waals surface area contributed by atoms with Crippen molar-refractivity contribution in [2.45, 2.75) is 83.7 Å². The molecule has 0 aliphatic heterocycles. The third-order valence-corrected chi connectivity index (χ3v) is 4.16. The number of nitrogens with zero attached hydrogens (tertiary/aromatic N) is 1. The topological polar surface area (TPSA) is 63.6 Å². The van der Waals surface area contributed by atoms with Crippen LogP contribution in [0, 0.1) is 0 Å². The van der Waals surface area contributed by atoms with E-state index in [4.69, 9.17) is 9.84 Å². The summed E-state index contributed by atoms with van der Waals surface area (Å²) in [6.45, 7) is 2.71. The molecule has 0 saturated heterocycles. The molecule has 0 spiro atoms. The van der Waals surface area contributed by atoms with Gasteiger partial charge in [-0.1, -0.05) is 64.4 Å². The number of carbonyl (C=O) groups is 2. The highest BCUT2D eigenvalue weighted by atomic mass is 16.5. The third kappa shape index (κ3) is 17.5. The molecule has 0 heterocycles. The number of likely N-dealkylation sites (N-methyl/N-ethyl adjacent to an activating group) is 1. The molecule has 1 N–H and O–H groups in total. The lowest BCUT2D eigenvalue weighted by Crippen LogP contribution is -2.43. The van der Waals surface area contributed by atoms with Gasteiger partial charge in [-0.25, -0.2) is 4.79 Å². The van der Waals surface area contributed by atoms with Crippen LogP contribution in [-0.2, 0) is 14.3 Å². The van der Waals surface area contributed by atoms with Crippen molar-refractivity contribution in [1.29, 1.82) is 0 Å². The first-order chi connectivity index (χ1) is 12.2. The van der Waals surface area contributed by atoms with E-state index in [9.17, 15) is 9.59 Å². The summed E-state index contributed by atoms with van der Waals surface area (Å²) in [5.41, 5.74) is 0. The van der Waals surface area contributed by atoms with Gasteiger partial charge >= 0.3 is 11.9 Å². The second kappa shape index (κ2) is 14.8. The second-order valence-corrected chi connectivity index (χ2v) is 8.15. The summed E-state index contributed by atoms with van der Waals surface area (Å²) in [5.74, 6) is -1.39. The number of aliphatic carboxylic acids is 1. The lowest BCUT2D eigenvalue weighted by atomic mass is 10.1. The van der Waals surface area contributed by atoms with Crippen LogP contribution in [0.2, 0.25) is 0 Å². The molecule has 5 nitrogen and oxygen atoms in total. The van der Waals surface area contributed by atoms with E-state index in [1.807, 2.05) is 27.2 Å². The average molecular weight is 371 g/mol. The molecule has 0 bridgehead atoms. The van der Waals surface area contributed by atoms with E-state index in [-0.39, 0.29) is 6.42 Å². The predicted octanol–water partition coefficient (Wildman–Crippen LogP) is 4.56. The zero-order valence-electron chi connectivity index (χ0n) is 17.3. The minimum Gasteiger partial charge on any atom is -0.481 e. The van der Waals surface area contributed by atoms with Crippen LogP contribution < -0.4 is 0 Å². The number of quaternary nitrogens is 1. The molecule has 1 atom stereocenters. The fraction of sp³-hybridized carbons (Fsp3) is 0.810. The summed E-state index contributed by atoms with van der Waals surface area (Å²) in [6, 6.07) is 0. The first kappa shape index (κ1) is 24.6. The number of ether oxygens (including phenoxy) is 1. The van der Waals surface area contributed by atoms with Gasteiger partial charge in [0, 0.05) is 6.08 Å². The van der Waals surface area contributed by atoms with E-state index in [1.165, 1.54) is 57.4 Å². The van der Waals surface area contributed by atoms with Gasteiger partial charge in [-0.3, -0.25) is 4.79 Å². The molecule has 26 heavy (non-hydrogen) atoms. The standard InChI is InChI=1S/C21H39NO4/c1-5-6-7-8-9-10-11-12-13-14-15-16-21(25)26-19(17-20(23)24)18-22(2,3)4/h15-16,19H,5-14,17-18H2,1-4H3/p+1/b16-15+/t19-/m1/s1. The molecular weight excluding hydrogens is 330 g/mol. The smallest absolute Gasteiger partial charge is 0.330 e. The summed E-state index contributed by atoms with van der Waals surface area (Å²) >= 11 is 0. The van der Waals surface area contributed by atoms with Crippen LogP contribution in [0.1, 0.15) is 77.6 Å².